The van der Waals surface area contributed by atoms with Gasteiger partial charge >= 0.3 is 5.97 Å². The van der Waals surface area contributed by atoms with Gasteiger partial charge in [0, 0.05) is 23.1 Å². The molecule has 1 fully saturated rings. The number of cyclic esters (lactones) is 1. The average molecular weight is 239 g/mol. The molecule has 18 heavy (non-hydrogen) atoms. The fourth-order valence-electron chi connectivity index (χ4n) is 2.23. The highest BCUT2D eigenvalue weighted by atomic mass is 16.6. The molecular formula is C15H13NO2. The number of ether oxygens (including phenoxy) is 1. The number of pyridine rings is 1. The van der Waals surface area contributed by atoms with Crippen molar-refractivity contribution in [1.29, 1.82) is 0 Å². The average Bonchev–Trinajstić information content (AvgIpc) is 2.66. The van der Waals surface area contributed by atoms with Crippen molar-refractivity contribution in [2.45, 2.75) is 13.0 Å². The van der Waals surface area contributed by atoms with Crippen LogP contribution in [0.4, 0.5) is 0 Å². The molecule has 2 heterocycles. The van der Waals surface area contributed by atoms with Gasteiger partial charge in [0.25, 0.3) is 0 Å². The van der Waals surface area contributed by atoms with E-state index in [1.165, 1.54) is 0 Å². The molecule has 90 valence electrons. The maximum atomic E-state index is 11.5. The third kappa shape index (κ3) is 1.59. The van der Waals surface area contributed by atoms with Crippen LogP contribution in [0.25, 0.3) is 10.8 Å². The Hall–Kier alpha value is -2.16. The second kappa shape index (κ2) is 3.95. The second-order valence-corrected chi connectivity index (χ2v) is 4.60. The van der Waals surface area contributed by atoms with Crippen LogP contribution in [0.5, 0.6) is 0 Å². The van der Waals surface area contributed by atoms with Crippen LogP contribution in [-0.2, 0) is 9.53 Å². The van der Waals surface area contributed by atoms with E-state index in [0.29, 0.717) is 5.57 Å². The van der Waals surface area contributed by atoms with Gasteiger partial charge in [-0.1, -0.05) is 37.8 Å². The lowest BCUT2D eigenvalue weighted by Crippen LogP contribution is -2.06. The van der Waals surface area contributed by atoms with E-state index in [0.717, 1.165) is 16.5 Å². The van der Waals surface area contributed by atoms with Crippen molar-refractivity contribution in [1.82, 2.24) is 4.98 Å². The van der Waals surface area contributed by atoms with E-state index >= 15 is 0 Å². The smallest absolute Gasteiger partial charge is 0.334 e. The zero-order valence-electron chi connectivity index (χ0n) is 10.1. The summed E-state index contributed by atoms with van der Waals surface area (Å²) in [6, 6.07) is 9.97. The Kier molecular flexibility index (Phi) is 2.40. The fourth-order valence-corrected chi connectivity index (χ4v) is 2.23. The Morgan fingerprint density at radius 3 is 2.67 bits per heavy atom. The van der Waals surface area contributed by atoms with Gasteiger partial charge in [-0.2, -0.15) is 0 Å². The van der Waals surface area contributed by atoms with Crippen LogP contribution in [0, 0.1) is 5.92 Å². The topological polar surface area (TPSA) is 39.2 Å². The maximum absolute atomic E-state index is 11.5. The van der Waals surface area contributed by atoms with Crippen molar-refractivity contribution in [3.8, 4) is 0 Å². The third-order valence-corrected chi connectivity index (χ3v) is 3.44. The molecule has 3 heteroatoms. The molecule has 3 nitrogen and oxygen atoms in total. The number of aromatic nitrogens is 1. The number of benzene rings is 1. The first-order valence-corrected chi connectivity index (χ1v) is 5.91. The van der Waals surface area contributed by atoms with Crippen molar-refractivity contribution in [2.24, 2.45) is 5.92 Å². The Labute approximate surface area is 105 Å². The maximum Gasteiger partial charge on any atom is 0.334 e. The minimum Gasteiger partial charge on any atom is -0.452 e. The van der Waals surface area contributed by atoms with Gasteiger partial charge in [0.15, 0.2) is 6.10 Å². The fraction of sp³-hybridized carbons (Fsp3) is 0.200. The van der Waals surface area contributed by atoms with E-state index in [4.69, 9.17) is 4.74 Å². The standard InChI is InChI=1S/C15H13NO2/c1-9-10(2)15(17)18-14(9)13-7-11-5-3-4-6-12(11)8-16-13/h3-9,14H,2H2,1H3/t9-,14+/m1/s1. The number of esters is 1. The summed E-state index contributed by atoms with van der Waals surface area (Å²) in [7, 11) is 0. The molecule has 0 spiro atoms. The van der Waals surface area contributed by atoms with Crippen molar-refractivity contribution in [3.05, 3.63) is 54.4 Å². The van der Waals surface area contributed by atoms with Crippen LogP contribution in [0.2, 0.25) is 0 Å². The van der Waals surface area contributed by atoms with Gasteiger partial charge in [0.2, 0.25) is 0 Å². The number of rotatable bonds is 1. The summed E-state index contributed by atoms with van der Waals surface area (Å²) < 4.78 is 5.32. The van der Waals surface area contributed by atoms with Gasteiger partial charge in [0.05, 0.1) is 5.69 Å². The van der Waals surface area contributed by atoms with E-state index in [2.05, 4.69) is 11.6 Å². The molecule has 0 aliphatic carbocycles. The van der Waals surface area contributed by atoms with E-state index in [-0.39, 0.29) is 18.0 Å². The molecule has 3 rings (SSSR count). The first-order chi connectivity index (χ1) is 8.66. The minimum absolute atomic E-state index is 0.0221. The Bertz CT molecular complexity index is 648. The monoisotopic (exact) mass is 239 g/mol. The highest BCUT2D eigenvalue weighted by Crippen LogP contribution is 2.37. The lowest BCUT2D eigenvalue weighted by Gasteiger charge is -2.13. The zero-order chi connectivity index (χ0) is 12.7. The molecule has 1 aliphatic rings. The summed E-state index contributed by atoms with van der Waals surface area (Å²) in [6.45, 7) is 5.69. The third-order valence-electron chi connectivity index (χ3n) is 3.44. The summed E-state index contributed by atoms with van der Waals surface area (Å²) in [5.74, 6) is -0.339. The molecule has 0 N–H and O–H groups in total. The van der Waals surface area contributed by atoms with Crippen molar-refractivity contribution in [2.75, 3.05) is 0 Å². The van der Waals surface area contributed by atoms with Crippen molar-refractivity contribution in [3.63, 3.8) is 0 Å². The number of carbonyl (C=O) groups is 1. The highest BCUT2D eigenvalue weighted by Gasteiger charge is 2.37. The van der Waals surface area contributed by atoms with Crippen LogP contribution >= 0.6 is 0 Å². The van der Waals surface area contributed by atoms with Crippen molar-refractivity contribution < 1.29 is 9.53 Å². The molecule has 0 amide bonds. The lowest BCUT2D eigenvalue weighted by molar-refractivity contribution is -0.139. The molecule has 2 atom stereocenters. The molecule has 0 saturated carbocycles. The predicted octanol–water partition coefficient (Wildman–Crippen LogP) is 3.03. The van der Waals surface area contributed by atoms with Gasteiger partial charge < -0.3 is 4.74 Å². The van der Waals surface area contributed by atoms with Gasteiger partial charge in [-0.25, -0.2) is 4.79 Å². The number of nitrogens with zero attached hydrogens (tertiary/aromatic N) is 1. The Morgan fingerprint density at radius 1 is 1.28 bits per heavy atom. The van der Waals surface area contributed by atoms with Gasteiger partial charge in [-0.3, -0.25) is 4.98 Å². The molecule has 1 aliphatic heterocycles. The minimum atomic E-state index is -0.317. The SMILES string of the molecule is C=C1C(=O)O[C@H](c2cc3ccccc3cn2)[C@@H]1C. The largest absolute Gasteiger partial charge is 0.452 e. The molecule has 1 aromatic heterocycles. The summed E-state index contributed by atoms with van der Waals surface area (Å²) in [5.41, 5.74) is 1.31. The first-order valence-electron chi connectivity index (χ1n) is 5.91. The van der Waals surface area contributed by atoms with Crippen LogP contribution in [0.15, 0.2) is 48.7 Å². The number of hydrogen-bond acceptors (Lipinski definition) is 3. The molecular weight excluding hydrogens is 226 g/mol. The van der Waals surface area contributed by atoms with Gasteiger partial charge in [-0.05, 0) is 11.5 Å². The summed E-state index contributed by atoms with van der Waals surface area (Å²) >= 11 is 0. The van der Waals surface area contributed by atoms with E-state index in [1.807, 2.05) is 43.5 Å². The summed E-state index contributed by atoms with van der Waals surface area (Å²) in [4.78, 5) is 15.9. The van der Waals surface area contributed by atoms with E-state index in [1.54, 1.807) is 0 Å². The Balaban J connectivity index is 2.05. The molecule has 0 radical (unpaired) electrons. The molecule has 1 saturated heterocycles. The number of hydrogen-bond donors (Lipinski definition) is 0. The van der Waals surface area contributed by atoms with E-state index < -0.39 is 0 Å². The van der Waals surface area contributed by atoms with Crippen LogP contribution < -0.4 is 0 Å². The Morgan fingerprint density at radius 2 is 2.00 bits per heavy atom. The van der Waals surface area contributed by atoms with Crippen LogP contribution in [0.3, 0.4) is 0 Å². The van der Waals surface area contributed by atoms with Gasteiger partial charge in [-0.15, -0.1) is 0 Å². The van der Waals surface area contributed by atoms with Crippen LogP contribution in [0.1, 0.15) is 18.7 Å². The molecule has 2 aromatic rings. The first kappa shape index (κ1) is 11.0. The molecule has 0 bridgehead atoms. The van der Waals surface area contributed by atoms with Gasteiger partial charge in [0.1, 0.15) is 0 Å². The summed E-state index contributed by atoms with van der Waals surface area (Å²) in [6.07, 6.45) is 1.50. The summed E-state index contributed by atoms with van der Waals surface area (Å²) in [5, 5.41) is 2.18. The zero-order valence-corrected chi connectivity index (χ0v) is 10.1. The quantitative estimate of drug-likeness (QED) is 0.567. The number of fused-ring (bicyclic) bond motifs is 1. The lowest BCUT2D eigenvalue weighted by atomic mass is 9.96. The van der Waals surface area contributed by atoms with Crippen molar-refractivity contribution >= 4 is 16.7 Å². The molecule has 1 aromatic carbocycles. The predicted molar refractivity (Wildman–Crippen MR) is 68.9 cm³/mol. The highest BCUT2D eigenvalue weighted by molar-refractivity contribution is 5.91. The van der Waals surface area contributed by atoms with Crippen LogP contribution in [-0.4, -0.2) is 11.0 Å². The molecule has 0 unspecified atom stereocenters. The number of carbonyl (C=O) groups excluding carboxylic acids is 1. The second-order valence-electron chi connectivity index (χ2n) is 4.60. The van der Waals surface area contributed by atoms with E-state index in [9.17, 15) is 4.79 Å². The normalized spacial score (nSPS) is 23.4.